The molecule has 0 N–H and O–H groups in total. The van der Waals surface area contributed by atoms with Crippen LogP contribution in [-0.4, -0.2) is 35.4 Å². The third-order valence-electron chi connectivity index (χ3n) is 9.73. The second-order valence-corrected chi connectivity index (χ2v) is 21.2. The maximum atomic E-state index is 15.0. The Bertz CT molecular complexity index is 1410. The highest BCUT2D eigenvalue weighted by Crippen LogP contribution is 2.60. The molecule has 2 aliphatic heterocycles. The number of rotatable bonds is 4. The summed E-state index contributed by atoms with van der Waals surface area (Å²) in [7, 11) is -2.25. The zero-order valence-corrected chi connectivity index (χ0v) is 29.7. The first-order valence-electron chi connectivity index (χ1n) is 15.1. The molecule has 1 fully saturated rings. The van der Waals surface area contributed by atoms with Crippen LogP contribution in [0.1, 0.15) is 119 Å². The van der Waals surface area contributed by atoms with E-state index in [1.807, 2.05) is 0 Å². The normalized spacial score (nSPS) is 27.5. The second-order valence-electron chi connectivity index (χ2n) is 15.0. The van der Waals surface area contributed by atoms with Gasteiger partial charge in [-0.05, 0) is 48.4 Å². The lowest BCUT2D eigenvalue weighted by atomic mass is 9.70. The summed E-state index contributed by atoms with van der Waals surface area (Å²) in [5.74, 6) is -1.38. The number of ether oxygens (including phenoxy) is 2. The van der Waals surface area contributed by atoms with E-state index in [-0.39, 0.29) is 32.1 Å². The number of alkyl halides is 4. The predicted molar refractivity (Wildman–Crippen MR) is 168 cm³/mol. The third-order valence-corrected chi connectivity index (χ3v) is 15.6. The molecule has 0 radical (unpaired) electrons. The Hall–Kier alpha value is -1.15. The van der Waals surface area contributed by atoms with Crippen LogP contribution in [-0.2, 0) is 32.1 Å². The van der Waals surface area contributed by atoms with E-state index in [1.54, 1.807) is 0 Å². The van der Waals surface area contributed by atoms with Crippen LogP contribution >= 0.6 is 22.6 Å². The van der Waals surface area contributed by atoms with Gasteiger partial charge in [0.15, 0.2) is 8.32 Å². The Labute approximate surface area is 267 Å². The van der Waals surface area contributed by atoms with Gasteiger partial charge in [-0.25, -0.2) is 4.39 Å². The van der Waals surface area contributed by atoms with Crippen molar-refractivity contribution in [2.24, 2.45) is 5.41 Å². The quantitative estimate of drug-likeness (QED) is 0.136. The van der Waals surface area contributed by atoms with Crippen LogP contribution in [0.2, 0.25) is 18.1 Å². The van der Waals surface area contributed by atoms with E-state index in [2.05, 4.69) is 89.1 Å². The van der Waals surface area contributed by atoms with Gasteiger partial charge >= 0.3 is 6.18 Å². The number of hydrogen-bond donors (Lipinski definition) is 0. The third kappa shape index (κ3) is 5.83. The van der Waals surface area contributed by atoms with E-state index in [1.165, 1.54) is 0 Å². The van der Waals surface area contributed by atoms with E-state index < -0.39 is 37.6 Å². The van der Waals surface area contributed by atoms with Crippen molar-refractivity contribution in [1.29, 1.82) is 0 Å². The average molecular weight is 735 g/mol. The fourth-order valence-electron chi connectivity index (χ4n) is 6.54. The number of hydrogen-bond acceptors (Lipinski definition) is 5. The highest BCUT2D eigenvalue weighted by atomic mass is 127. The van der Waals surface area contributed by atoms with Crippen molar-refractivity contribution in [2.45, 2.75) is 120 Å². The summed E-state index contributed by atoms with van der Waals surface area (Å²) < 4.78 is 75.4. The van der Waals surface area contributed by atoms with Crippen molar-refractivity contribution in [3.05, 3.63) is 57.4 Å². The summed E-state index contributed by atoms with van der Waals surface area (Å²) in [6.45, 7) is 20.7. The summed E-state index contributed by atoms with van der Waals surface area (Å²) in [4.78, 5) is 9.47. The minimum absolute atomic E-state index is 0.0168. The first-order valence-corrected chi connectivity index (χ1v) is 19.2. The molecule has 1 spiro atoms. The smallest absolute Gasteiger partial charge is 0.410 e. The molecule has 5 rings (SSSR count). The Kier molecular flexibility index (Phi) is 8.48. The van der Waals surface area contributed by atoms with Crippen molar-refractivity contribution in [2.75, 3.05) is 13.2 Å². The minimum atomic E-state index is -4.84. The number of halogens is 5. The van der Waals surface area contributed by atoms with Crippen LogP contribution < -0.4 is 0 Å². The maximum absolute atomic E-state index is 15.0. The van der Waals surface area contributed by atoms with E-state index >= 15 is 0 Å². The molecular formula is C32H43F4IN2O3Si. The van der Waals surface area contributed by atoms with E-state index in [4.69, 9.17) is 18.9 Å². The minimum Gasteiger partial charge on any atom is -0.410 e. The molecule has 1 aliphatic carbocycles. The maximum Gasteiger partial charge on any atom is 0.420 e. The summed E-state index contributed by atoms with van der Waals surface area (Å²) in [5, 5.41) is -0.0217. The van der Waals surface area contributed by atoms with Crippen molar-refractivity contribution >= 4 is 30.9 Å². The standard InChI is InChI=1S/C32H43F4IN2O3Si/c1-17(2)27-25-26(24-21(39-27)13-30(6,7)14-22(24)42-43(8,9)29(3,4)5)31(10-11-40-16-23(31)37)41-28(25)20-12-19(33)18(15-38-20)32(34,35)36/h12,15,17,22-23,28H,10-11,13-14,16H2,1-9H3/t22-,23?,28+,31?/m0/s1. The summed E-state index contributed by atoms with van der Waals surface area (Å²) in [5.41, 5.74) is 2.51. The van der Waals surface area contributed by atoms with Gasteiger partial charge in [-0.3, -0.25) is 9.97 Å². The molecule has 11 heteroatoms. The first-order chi connectivity index (χ1) is 19.7. The fraction of sp³-hybridized carbons (Fsp3) is 0.688. The molecule has 0 amide bonds. The van der Waals surface area contributed by atoms with Crippen molar-refractivity contribution in [3.63, 3.8) is 0 Å². The van der Waals surface area contributed by atoms with Gasteiger partial charge in [-0.2, -0.15) is 13.2 Å². The number of fused-ring (bicyclic) bond motifs is 4. The lowest BCUT2D eigenvalue weighted by molar-refractivity contribution is -0.140. The van der Waals surface area contributed by atoms with Crippen LogP contribution in [0.25, 0.3) is 0 Å². The molecule has 4 heterocycles. The molecule has 1 saturated heterocycles. The molecule has 3 aliphatic rings. The van der Waals surface area contributed by atoms with Gasteiger partial charge in [-0.15, -0.1) is 0 Å². The Morgan fingerprint density at radius 1 is 1.14 bits per heavy atom. The van der Waals surface area contributed by atoms with Crippen molar-refractivity contribution in [1.82, 2.24) is 9.97 Å². The number of pyridine rings is 2. The monoisotopic (exact) mass is 734 g/mol. The van der Waals surface area contributed by atoms with Crippen LogP contribution in [0.3, 0.4) is 0 Å². The lowest BCUT2D eigenvalue weighted by Gasteiger charge is -2.47. The number of nitrogens with zero attached hydrogens (tertiary/aromatic N) is 2. The van der Waals surface area contributed by atoms with Gasteiger partial charge in [-0.1, -0.05) is 71.1 Å². The van der Waals surface area contributed by atoms with Crippen LogP contribution in [0.5, 0.6) is 0 Å². The first kappa shape index (κ1) is 33.2. The second kappa shape index (κ2) is 11.0. The highest BCUT2D eigenvalue weighted by molar-refractivity contribution is 14.1. The molecule has 4 atom stereocenters. The largest absolute Gasteiger partial charge is 0.420 e. The highest BCUT2D eigenvalue weighted by Gasteiger charge is 2.57. The van der Waals surface area contributed by atoms with E-state index in [9.17, 15) is 17.6 Å². The molecule has 0 aromatic carbocycles. The summed E-state index contributed by atoms with van der Waals surface area (Å²) in [6, 6.07) is 0.883. The molecule has 2 aromatic rings. The van der Waals surface area contributed by atoms with Crippen molar-refractivity contribution in [3.8, 4) is 0 Å². The average Bonchev–Trinajstić information content (AvgIpc) is 3.18. The van der Waals surface area contributed by atoms with Gasteiger partial charge in [0, 0.05) is 47.3 Å². The Balaban J connectivity index is 1.81. The van der Waals surface area contributed by atoms with E-state index in [0.717, 1.165) is 47.0 Å². The van der Waals surface area contributed by atoms with Gasteiger partial charge < -0.3 is 13.9 Å². The van der Waals surface area contributed by atoms with Gasteiger partial charge in [0.1, 0.15) is 23.1 Å². The Morgan fingerprint density at radius 3 is 2.37 bits per heavy atom. The molecule has 2 unspecified atom stereocenters. The van der Waals surface area contributed by atoms with Gasteiger partial charge in [0.05, 0.1) is 22.3 Å². The molecule has 238 valence electrons. The molecular weight excluding hydrogens is 691 g/mol. The van der Waals surface area contributed by atoms with Gasteiger partial charge in [0.2, 0.25) is 0 Å². The zero-order valence-electron chi connectivity index (χ0n) is 26.5. The zero-order chi connectivity index (χ0) is 31.9. The SMILES string of the molecule is CC(C)c1nc2c(c3c1[C@@H](c1cc(F)c(C(F)(F)F)cn1)OC31CCOCC1I)[C@@H](O[Si](C)(C)C(C)(C)C)CC(C)(C)C2. The fourth-order valence-corrected chi connectivity index (χ4v) is 8.83. The van der Waals surface area contributed by atoms with Crippen molar-refractivity contribution < 1.29 is 31.5 Å². The Morgan fingerprint density at radius 2 is 1.81 bits per heavy atom. The summed E-state index contributed by atoms with van der Waals surface area (Å²) >= 11 is 2.37. The van der Waals surface area contributed by atoms with Crippen LogP contribution in [0, 0.1) is 11.2 Å². The molecule has 43 heavy (non-hydrogen) atoms. The molecule has 5 nitrogen and oxygen atoms in total. The molecule has 2 aromatic heterocycles. The molecule has 0 bridgehead atoms. The summed E-state index contributed by atoms with van der Waals surface area (Å²) in [6.07, 6.45) is -3.25. The van der Waals surface area contributed by atoms with Crippen LogP contribution in [0.4, 0.5) is 17.6 Å². The van der Waals surface area contributed by atoms with E-state index in [0.29, 0.717) is 25.8 Å². The van der Waals surface area contributed by atoms with Crippen LogP contribution in [0.15, 0.2) is 12.3 Å². The lowest BCUT2D eigenvalue weighted by Crippen LogP contribution is -2.47. The molecule has 0 saturated carbocycles. The topological polar surface area (TPSA) is 53.5 Å². The number of aromatic nitrogens is 2. The predicted octanol–water partition coefficient (Wildman–Crippen LogP) is 9.33. The van der Waals surface area contributed by atoms with Gasteiger partial charge in [0.25, 0.3) is 0 Å².